The Hall–Kier alpha value is -1.15. The molecule has 2 bridgehead atoms. The normalized spacial score (nSPS) is 33.3. The maximum absolute atomic E-state index is 12.6. The topological polar surface area (TPSA) is 37.3 Å². The van der Waals surface area contributed by atoms with Gasteiger partial charge in [-0.05, 0) is 55.9 Å². The van der Waals surface area contributed by atoms with Gasteiger partial charge in [0, 0.05) is 6.42 Å². The predicted molar refractivity (Wildman–Crippen MR) is 87.0 cm³/mol. The van der Waals surface area contributed by atoms with Crippen LogP contribution in [0, 0.1) is 11.3 Å². The summed E-state index contributed by atoms with van der Waals surface area (Å²) in [5.41, 5.74) is 3.02. The molecule has 0 saturated heterocycles. The van der Waals surface area contributed by atoms with Gasteiger partial charge in [0.15, 0.2) is 5.78 Å². The Morgan fingerprint density at radius 3 is 2.76 bits per heavy atom. The van der Waals surface area contributed by atoms with Gasteiger partial charge >= 0.3 is 0 Å². The number of rotatable bonds is 0. The van der Waals surface area contributed by atoms with Crippen LogP contribution in [0.2, 0.25) is 0 Å². The van der Waals surface area contributed by atoms with E-state index in [1.165, 1.54) is 0 Å². The van der Waals surface area contributed by atoms with Crippen molar-refractivity contribution in [1.82, 2.24) is 0 Å². The van der Waals surface area contributed by atoms with E-state index in [-0.39, 0.29) is 11.2 Å². The molecule has 0 aromatic carbocycles. The third-order valence-corrected chi connectivity index (χ3v) is 5.14. The van der Waals surface area contributed by atoms with Crippen molar-refractivity contribution < 1.29 is 9.90 Å². The van der Waals surface area contributed by atoms with Crippen molar-refractivity contribution in [3.05, 3.63) is 35.5 Å². The van der Waals surface area contributed by atoms with E-state index in [1.807, 2.05) is 13.0 Å². The van der Waals surface area contributed by atoms with Crippen molar-refractivity contribution in [3.63, 3.8) is 0 Å². The zero-order valence-corrected chi connectivity index (χ0v) is 13.6. The van der Waals surface area contributed by atoms with Gasteiger partial charge in [-0.1, -0.05) is 43.7 Å². The van der Waals surface area contributed by atoms with Crippen LogP contribution >= 0.6 is 0 Å². The molecule has 0 saturated carbocycles. The lowest BCUT2D eigenvalue weighted by atomic mass is 9.64. The molecule has 0 aromatic heterocycles. The smallest absolute Gasteiger partial charge is 0.163 e. The van der Waals surface area contributed by atoms with E-state index in [9.17, 15) is 9.90 Å². The molecule has 1 N–H and O–H groups in total. The number of fused-ring (bicyclic) bond motifs is 2. The Morgan fingerprint density at radius 2 is 2.05 bits per heavy atom. The standard InChI is InChI=1S/C19H28O2/c1-13-8-9-15-6-5-7-17(19(15,3)4)18(21)12-14(2)11-16(20)10-13/h7,11,15-16,20H,1,5-6,8-10,12H2,2-4H3/b14-11-/t15-,16?/m0/s1. The van der Waals surface area contributed by atoms with Gasteiger partial charge in [0.05, 0.1) is 6.10 Å². The highest BCUT2D eigenvalue weighted by Crippen LogP contribution is 2.45. The molecule has 2 rings (SSSR count). The lowest BCUT2D eigenvalue weighted by Gasteiger charge is -2.40. The molecule has 2 heteroatoms. The number of ketones is 1. The summed E-state index contributed by atoms with van der Waals surface area (Å²) in [5.74, 6) is 0.754. The molecule has 0 spiro atoms. The number of Topliss-reactive ketones (excluding diaryl/α,β-unsaturated/α-hetero) is 1. The second kappa shape index (κ2) is 6.31. The van der Waals surface area contributed by atoms with Crippen LogP contribution in [0.3, 0.4) is 0 Å². The first kappa shape index (κ1) is 16.2. The molecule has 1 unspecified atom stereocenters. The quantitative estimate of drug-likeness (QED) is 0.673. The molecule has 2 atom stereocenters. The van der Waals surface area contributed by atoms with Crippen LogP contribution in [0.25, 0.3) is 0 Å². The lowest BCUT2D eigenvalue weighted by Crippen LogP contribution is -2.33. The maximum Gasteiger partial charge on any atom is 0.163 e. The molecule has 0 aliphatic heterocycles. The van der Waals surface area contributed by atoms with Gasteiger partial charge in [0.1, 0.15) is 0 Å². The van der Waals surface area contributed by atoms with E-state index in [4.69, 9.17) is 0 Å². The van der Waals surface area contributed by atoms with E-state index in [0.717, 1.165) is 42.4 Å². The van der Waals surface area contributed by atoms with Crippen LogP contribution in [-0.2, 0) is 4.79 Å². The van der Waals surface area contributed by atoms with Gasteiger partial charge in [-0.3, -0.25) is 4.79 Å². The number of hydrogen-bond acceptors (Lipinski definition) is 2. The molecule has 21 heavy (non-hydrogen) atoms. The number of carbonyl (C=O) groups excluding carboxylic acids is 1. The van der Waals surface area contributed by atoms with Gasteiger partial charge in [0.2, 0.25) is 0 Å². The average molecular weight is 288 g/mol. The van der Waals surface area contributed by atoms with E-state index in [1.54, 1.807) is 0 Å². The largest absolute Gasteiger partial charge is 0.389 e. The fraction of sp³-hybridized carbons (Fsp3) is 0.632. The third kappa shape index (κ3) is 3.74. The Bertz CT molecular complexity index is 494. The van der Waals surface area contributed by atoms with Crippen molar-refractivity contribution in [2.24, 2.45) is 11.3 Å². The first-order valence-electron chi connectivity index (χ1n) is 8.06. The van der Waals surface area contributed by atoms with E-state index >= 15 is 0 Å². The van der Waals surface area contributed by atoms with E-state index in [0.29, 0.717) is 18.8 Å². The Balaban J connectivity index is 2.34. The minimum atomic E-state index is -0.508. The van der Waals surface area contributed by atoms with E-state index in [2.05, 4.69) is 26.5 Å². The van der Waals surface area contributed by atoms with Gasteiger partial charge in [0.25, 0.3) is 0 Å². The van der Waals surface area contributed by atoms with Crippen LogP contribution in [0.4, 0.5) is 0 Å². The number of hydrogen-bond donors (Lipinski definition) is 1. The monoisotopic (exact) mass is 288 g/mol. The summed E-state index contributed by atoms with van der Waals surface area (Å²) in [7, 11) is 0. The third-order valence-electron chi connectivity index (χ3n) is 5.14. The molecule has 2 aliphatic carbocycles. The molecule has 2 aliphatic rings. The minimum Gasteiger partial charge on any atom is -0.389 e. The molecular formula is C19H28O2. The molecule has 0 aromatic rings. The van der Waals surface area contributed by atoms with Crippen molar-refractivity contribution in [2.45, 2.75) is 65.4 Å². The van der Waals surface area contributed by atoms with Crippen molar-refractivity contribution in [3.8, 4) is 0 Å². The van der Waals surface area contributed by atoms with Crippen LogP contribution in [-0.4, -0.2) is 17.0 Å². The Labute approximate surface area is 128 Å². The van der Waals surface area contributed by atoms with Crippen LogP contribution in [0.15, 0.2) is 35.5 Å². The Kier molecular flexibility index (Phi) is 4.88. The first-order valence-corrected chi connectivity index (χ1v) is 8.06. The SMILES string of the molecule is C=C1CC[C@@H]2CCC=C(C(=O)C/C(C)=C\C(O)C1)C2(C)C. The number of carbonyl (C=O) groups is 1. The highest BCUT2D eigenvalue weighted by Gasteiger charge is 2.38. The highest BCUT2D eigenvalue weighted by atomic mass is 16.3. The predicted octanol–water partition coefficient (Wildman–Crippen LogP) is 4.36. The number of aliphatic hydroxyl groups excluding tert-OH is 1. The molecule has 0 amide bonds. The van der Waals surface area contributed by atoms with Gasteiger partial charge in [-0.2, -0.15) is 0 Å². The molecule has 0 heterocycles. The fourth-order valence-corrected chi connectivity index (χ4v) is 3.82. The van der Waals surface area contributed by atoms with Crippen molar-refractivity contribution >= 4 is 5.78 Å². The summed E-state index contributed by atoms with van der Waals surface area (Å²) >= 11 is 0. The second-order valence-electron chi connectivity index (χ2n) is 7.29. The summed E-state index contributed by atoms with van der Waals surface area (Å²) in [6, 6.07) is 0. The molecule has 0 radical (unpaired) electrons. The Morgan fingerprint density at radius 1 is 1.33 bits per heavy atom. The molecular weight excluding hydrogens is 260 g/mol. The zero-order chi connectivity index (χ0) is 15.6. The minimum absolute atomic E-state index is 0.0479. The summed E-state index contributed by atoms with van der Waals surface area (Å²) in [6.45, 7) is 10.5. The zero-order valence-electron chi connectivity index (χ0n) is 13.6. The second-order valence-corrected chi connectivity index (χ2v) is 7.29. The van der Waals surface area contributed by atoms with Crippen molar-refractivity contribution in [2.75, 3.05) is 0 Å². The molecule has 0 fully saturated rings. The van der Waals surface area contributed by atoms with Gasteiger partial charge in [-0.25, -0.2) is 0 Å². The maximum atomic E-state index is 12.6. The summed E-state index contributed by atoms with van der Waals surface area (Å²) in [5, 5.41) is 10.1. The lowest BCUT2D eigenvalue weighted by molar-refractivity contribution is -0.116. The molecule has 116 valence electrons. The van der Waals surface area contributed by atoms with Gasteiger partial charge in [-0.15, -0.1) is 0 Å². The summed E-state index contributed by atoms with van der Waals surface area (Å²) < 4.78 is 0. The first-order chi connectivity index (χ1) is 9.80. The average Bonchev–Trinajstić information content (AvgIpc) is 2.34. The fourth-order valence-electron chi connectivity index (χ4n) is 3.82. The van der Waals surface area contributed by atoms with Crippen LogP contribution in [0.1, 0.15) is 59.3 Å². The number of aliphatic hydroxyl groups is 1. The summed E-state index contributed by atoms with van der Waals surface area (Å²) in [4.78, 5) is 12.6. The highest BCUT2D eigenvalue weighted by molar-refractivity contribution is 5.98. The van der Waals surface area contributed by atoms with E-state index < -0.39 is 6.10 Å². The summed E-state index contributed by atoms with van der Waals surface area (Å²) in [6.07, 6.45) is 8.65. The molecule has 2 nitrogen and oxygen atoms in total. The van der Waals surface area contributed by atoms with Crippen molar-refractivity contribution in [1.29, 1.82) is 0 Å². The van der Waals surface area contributed by atoms with Gasteiger partial charge < -0.3 is 5.11 Å². The number of allylic oxidation sites excluding steroid dienone is 3. The van der Waals surface area contributed by atoms with Crippen LogP contribution in [0.5, 0.6) is 0 Å². The van der Waals surface area contributed by atoms with Crippen LogP contribution < -0.4 is 0 Å².